The molecule has 0 amide bonds. The fourth-order valence-electron chi connectivity index (χ4n) is 4.77. The lowest BCUT2D eigenvalue weighted by atomic mass is 9.78. The molecule has 0 radical (unpaired) electrons. The molecule has 0 aliphatic carbocycles. The van der Waals surface area contributed by atoms with Gasteiger partial charge in [0.2, 0.25) is 0 Å². The Morgan fingerprint density at radius 2 is 1.54 bits per heavy atom. The number of phenolic OH excluding ortho intramolecular Hbond substituents is 1. The average Bonchev–Trinajstić information content (AvgIpc) is 2.98. The van der Waals surface area contributed by atoms with Gasteiger partial charge in [-0.15, -0.1) is 0 Å². The van der Waals surface area contributed by atoms with Gasteiger partial charge < -0.3 is 5.11 Å². The van der Waals surface area contributed by atoms with E-state index in [-0.39, 0.29) is 10.8 Å². The number of piperazine rings is 1. The third kappa shape index (κ3) is 3.80. The van der Waals surface area contributed by atoms with Crippen LogP contribution in [0, 0.1) is 0 Å². The molecule has 0 saturated carbocycles. The van der Waals surface area contributed by atoms with Crippen molar-refractivity contribution in [3.05, 3.63) is 28.8 Å². The molecule has 0 bridgehead atoms. The molecule has 26 heavy (non-hydrogen) atoms. The molecule has 2 aliphatic rings. The van der Waals surface area contributed by atoms with Gasteiger partial charge in [-0.05, 0) is 53.8 Å². The number of hydrogen-bond acceptors (Lipinski definition) is 3. The highest BCUT2D eigenvalue weighted by atomic mass is 16.3. The largest absolute Gasteiger partial charge is 0.507 e. The van der Waals surface area contributed by atoms with Crippen LogP contribution < -0.4 is 0 Å². The number of nitrogens with zero attached hydrogens (tertiary/aromatic N) is 2. The predicted octanol–water partition coefficient (Wildman–Crippen LogP) is 4.66. The molecule has 2 fully saturated rings. The van der Waals surface area contributed by atoms with Crippen LogP contribution in [0.1, 0.15) is 78.0 Å². The topological polar surface area (TPSA) is 26.7 Å². The maximum absolute atomic E-state index is 10.9. The van der Waals surface area contributed by atoms with Crippen molar-refractivity contribution >= 4 is 0 Å². The molecular weight excluding hydrogens is 320 g/mol. The van der Waals surface area contributed by atoms with Gasteiger partial charge in [-0.25, -0.2) is 0 Å². The SMILES string of the molecule is C[C@@H]1[C@H]2CCCN2CCN1Cc1cc(C(C)(C)C)c(O)c(C(C)(C)C)c1. The molecular formula is C23H38N2O. The summed E-state index contributed by atoms with van der Waals surface area (Å²) in [7, 11) is 0. The van der Waals surface area contributed by atoms with E-state index < -0.39 is 0 Å². The molecule has 0 spiro atoms. The van der Waals surface area contributed by atoms with Crippen molar-refractivity contribution in [3.8, 4) is 5.75 Å². The zero-order chi connectivity index (χ0) is 19.3. The van der Waals surface area contributed by atoms with Crippen LogP contribution in [0.15, 0.2) is 12.1 Å². The van der Waals surface area contributed by atoms with Crippen molar-refractivity contribution in [2.75, 3.05) is 19.6 Å². The first-order valence-corrected chi connectivity index (χ1v) is 10.3. The lowest BCUT2D eigenvalue weighted by Gasteiger charge is -2.43. The van der Waals surface area contributed by atoms with Crippen molar-refractivity contribution in [2.45, 2.75) is 90.8 Å². The fourth-order valence-corrected chi connectivity index (χ4v) is 4.77. The summed E-state index contributed by atoms with van der Waals surface area (Å²) in [5.74, 6) is 0.488. The van der Waals surface area contributed by atoms with E-state index in [4.69, 9.17) is 0 Å². The Morgan fingerprint density at radius 3 is 2.08 bits per heavy atom. The van der Waals surface area contributed by atoms with Crippen molar-refractivity contribution in [1.29, 1.82) is 0 Å². The molecule has 2 aliphatic heterocycles. The second kappa shape index (κ2) is 6.83. The van der Waals surface area contributed by atoms with Crippen molar-refractivity contribution in [2.24, 2.45) is 0 Å². The zero-order valence-electron chi connectivity index (χ0n) is 17.9. The quantitative estimate of drug-likeness (QED) is 0.833. The Kier molecular flexibility index (Phi) is 5.18. The number of hydrogen-bond donors (Lipinski definition) is 1. The van der Waals surface area contributed by atoms with Crippen LogP contribution in [0.3, 0.4) is 0 Å². The first kappa shape index (κ1) is 19.7. The highest BCUT2D eigenvalue weighted by Gasteiger charge is 2.36. The van der Waals surface area contributed by atoms with Gasteiger partial charge in [0.1, 0.15) is 5.75 Å². The van der Waals surface area contributed by atoms with Crippen LogP contribution >= 0.6 is 0 Å². The van der Waals surface area contributed by atoms with Crippen molar-refractivity contribution in [3.63, 3.8) is 0 Å². The van der Waals surface area contributed by atoms with E-state index in [9.17, 15) is 5.11 Å². The fraction of sp³-hybridized carbons (Fsp3) is 0.739. The number of fused-ring (bicyclic) bond motifs is 1. The van der Waals surface area contributed by atoms with Gasteiger partial charge in [-0.2, -0.15) is 0 Å². The first-order valence-electron chi connectivity index (χ1n) is 10.3. The van der Waals surface area contributed by atoms with Gasteiger partial charge in [0.15, 0.2) is 0 Å². The number of phenols is 1. The number of aromatic hydroxyl groups is 1. The van der Waals surface area contributed by atoms with Gasteiger partial charge in [0.05, 0.1) is 0 Å². The third-order valence-corrected chi connectivity index (χ3v) is 6.39. The van der Waals surface area contributed by atoms with Gasteiger partial charge in [-0.3, -0.25) is 9.80 Å². The molecule has 1 N–H and O–H groups in total. The van der Waals surface area contributed by atoms with E-state index in [0.717, 1.165) is 30.3 Å². The summed E-state index contributed by atoms with van der Waals surface area (Å²) in [6, 6.07) is 5.83. The Bertz CT molecular complexity index is 618. The van der Waals surface area contributed by atoms with Gasteiger partial charge in [0.25, 0.3) is 0 Å². The van der Waals surface area contributed by atoms with E-state index in [1.165, 1.54) is 31.5 Å². The molecule has 2 atom stereocenters. The van der Waals surface area contributed by atoms with Gasteiger partial charge in [-0.1, -0.05) is 53.7 Å². The first-order chi connectivity index (χ1) is 12.0. The molecule has 0 aromatic heterocycles. The molecule has 2 saturated heterocycles. The molecule has 146 valence electrons. The predicted molar refractivity (Wildman–Crippen MR) is 110 cm³/mol. The van der Waals surface area contributed by atoms with Gasteiger partial charge >= 0.3 is 0 Å². The summed E-state index contributed by atoms with van der Waals surface area (Å²) >= 11 is 0. The Balaban J connectivity index is 1.92. The standard InChI is InChI=1S/C23H38N2O/c1-16-20-9-8-10-24(20)11-12-25(16)15-17-13-18(22(2,3)4)21(26)19(14-17)23(5,6)7/h13-14,16,20,26H,8-12,15H2,1-7H3/t16-,20-/m1/s1. The average molecular weight is 359 g/mol. The van der Waals surface area contributed by atoms with E-state index in [0.29, 0.717) is 11.8 Å². The van der Waals surface area contributed by atoms with Crippen LogP contribution in [0.25, 0.3) is 0 Å². The summed E-state index contributed by atoms with van der Waals surface area (Å²) in [4.78, 5) is 5.33. The summed E-state index contributed by atoms with van der Waals surface area (Å²) in [6.45, 7) is 20.2. The Hall–Kier alpha value is -1.06. The molecule has 3 rings (SSSR count). The second-order valence-electron chi connectivity index (χ2n) is 10.5. The maximum Gasteiger partial charge on any atom is 0.123 e. The number of rotatable bonds is 2. The molecule has 0 unspecified atom stereocenters. The third-order valence-electron chi connectivity index (χ3n) is 6.39. The van der Waals surface area contributed by atoms with E-state index >= 15 is 0 Å². The summed E-state index contributed by atoms with van der Waals surface area (Å²) in [5, 5.41) is 10.9. The molecule has 3 nitrogen and oxygen atoms in total. The normalized spacial score (nSPS) is 25.5. The second-order valence-corrected chi connectivity index (χ2v) is 10.5. The summed E-state index contributed by atoms with van der Waals surface area (Å²) < 4.78 is 0. The van der Waals surface area contributed by atoms with E-state index in [2.05, 4.69) is 70.4 Å². The molecule has 3 heteroatoms. The van der Waals surface area contributed by atoms with E-state index in [1.54, 1.807) is 0 Å². The van der Waals surface area contributed by atoms with Crippen LogP contribution in [0.5, 0.6) is 5.75 Å². The smallest absolute Gasteiger partial charge is 0.123 e. The number of benzene rings is 1. The van der Waals surface area contributed by atoms with Crippen LogP contribution in [-0.4, -0.2) is 46.6 Å². The minimum atomic E-state index is -0.0597. The van der Waals surface area contributed by atoms with Crippen LogP contribution in [0.2, 0.25) is 0 Å². The van der Waals surface area contributed by atoms with Crippen molar-refractivity contribution in [1.82, 2.24) is 9.80 Å². The van der Waals surface area contributed by atoms with Crippen LogP contribution in [-0.2, 0) is 17.4 Å². The Morgan fingerprint density at radius 1 is 0.962 bits per heavy atom. The summed E-state index contributed by atoms with van der Waals surface area (Å²) in [6.07, 6.45) is 2.69. The Labute approximate surface area is 160 Å². The summed E-state index contributed by atoms with van der Waals surface area (Å²) in [5.41, 5.74) is 3.38. The van der Waals surface area contributed by atoms with Crippen molar-refractivity contribution < 1.29 is 5.11 Å². The van der Waals surface area contributed by atoms with Gasteiger partial charge in [0, 0.05) is 31.7 Å². The lowest BCUT2D eigenvalue weighted by Crippen LogP contribution is -2.55. The molecule has 1 aromatic carbocycles. The highest BCUT2D eigenvalue weighted by molar-refractivity contribution is 5.49. The zero-order valence-corrected chi connectivity index (χ0v) is 17.9. The minimum Gasteiger partial charge on any atom is -0.507 e. The lowest BCUT2D eigenvalue weighted by molar-refractivity contribution is 0.0470. The maximum atomic E-state index is 10.9. The highest BCUT2D eigenvalue weighted by Crippen LogP contribution is 2.40. The van der Waals surface area contributed by atoms with Crippen LogP contribution in [0.4, 0.5) is 0 Å². The molecule has 1 aromatic rings. The monoisotopic (exact) mass is 358 g/mol. The molecule has 2 heterocycles. The van der Waals surface area contributed by atoms with E-state index in [1.807, 2.05) is 0 Å². The minimum absolute atomic E-state index is 0.0597.